The molecular weight excluding hydrogens is 360 g/mol. The van der Waals surface area contributed by atoms with Gasteiger partial charge in [-0.25, -0.2) is 0 Å². The third kappa shape index (κ3) is 3.60. The first kappa shape index (κ1) is 21.4. The van der Waals surface area contributed by atoms with E-state index in [9.17, 15) is 9.90 Å². The summed E-state index contributed by atoms with van der Waals surface area (Å²) in [6.45, 7) is 9.87. The van der Waals surface area contributed by atoms with Crippen LogP contribution < -0.4 is 0 Å². The number of hydrogen-bond donors (Lipinski definition) is 1. The average molecular weight is 403 g/mol. The first-order chi connectivity index (χ1) is 13.8. The largest absolute Gasteiger partial charge is 0.466 e. The van der Waals surface area contributed by atoms with E-state index in [4.69, 9.17) is 4.74 Å². The molecular formula is C26H42O3. The van der Waals surface area contributed by atoms with Gasteiger partial charge in [0.1, 0.15) is 0 Å². The second kappa shape index (κ2) is 8.02. The van der Waals surface area contributed by atoms with Crippen molar-refractivity contribution in [3.8, 4) is 0 Å². The third-order valence-electron chi connectivity index (χ3n) is 9.96. The number of rotatable bonds is 5. The van der Waals surface area contributed by atoms with Gasteiger partial charge in [0.15, 0.2) is 0 Å². The Labute approximate surface area is 177 Å². The highest BCUT2D eigenvalue weighted by Crippen LogP contribution is 2.67. The summed E-state index contributed by atoms with van der Waals surface area (Å²) < 4.78 is 5.16. The molecule has 0 heterocycles. The molecule has 164 valence electrons. The van der Waals surface area contributed by atoms with Crippen molar-refractivity contribution in [1.29, 1.82) is 0 Å². The zero-order valence-corrected chi connectivity index (χ0v) is 19.1. The molecule has 0 saturated heterocycles. The van der Waals surface area contributed by atoms with Crippen LogP contribution in [0.25, 0.3) is 0 Å². The highest BCUT2D eigenvalue weighted by atomic mass is 16.5. The van der Waals surface area contributed by atoms with Crippen molar-refractivity contribution >= 4 is 5.97 Å². The van der Waals surface area contributed by atoms with Crippen LogP contribution in [0, 0.1) is 40.4 Å². The molecule has 0 bridgehead atoms. The Bertz CT molecular complexity index is 654. The molecule has 0 amide bonds. The Hall–Kier alpha value is -0.830. The Morgan fingerprint density at radius 1 is 1.17 bits per heavy atom. The molecule has 29 heavy (non-hydrogen) atoms. The van der Waals surface area contributed by atoms with Gasteiger partial charge in [0.2, 0.25) is 0 Å². The maximum absolute atomic E-state index is 11.9. The van der Waals surface area contributed by atoms with Crippen LogP contribution >= 0.6 is 0 Å². The van der Waals surface area contributed by atoms with Crippen LogP contribution in [0.3, 0.4) is 0 Å². The van der Waals surface area contributed by atoms with E-state index in [1.165, 1.54) is 44.9 Å². The van der Waals surface area contributed by atoms with Crippen LogP contribution in [-0.4, -0.2) is 23.8 Å². The molecule has 0 unspecified atom stereocenters. The summed E-state index contributed by atoms with van der Waals surface area (Å²) in [5.41, 5.74) is 2.34. The maximum Gasteiger partial charge on any atom is 0.305 e. The molecule has 4 aliphatic rings. The highest BCUT2D eigenvalue weighted by molar-refractivity contribution is 5.69. The number of hydrogen-bond acceptors (Lipinski definition) is 3. The van der Waals surface area contributed by atoms with Gasteiger partial charge in [-0.3, -0.25) is 4.79 Å². The van der Waals surface area contributed by atoms with Crippen molar-refractivity contribution in [3.05, 3.63) is 11.6 Å². The summed E-state index contributed by atoms with van der Waals surface area (Å²) in [5, 5.41) is 10.2. The molecule has 3 nitrogen and oxygen atoms in total. The molecule has 4 aliphatic carbocycles. The van der Waals surface area contributed by atoms with Crippen LogP contribution in [0.2, 0.25) is 0 Å². The summed E-state index contributed by atoms with van der Waals surface area (Å²) in [7, 11) is 0. The van der Waals surface area contributed by atoms with Crippen LogP contribution in [0.5, 0.6) is 0 Å². The minimum Gasteiger partial charge on any atom is -0.466 e. The van der Waals surface area contributed by atoms with E-state index in [0.717, 1.165) is 36.5 Å². The second-order valence-corrected chi connectivity index (χ2v) is 11.2. The zero-order valence-electron chi connectivity index (χ0n) is 19.1. The zero-order chi connectivity index (χ0) is 20.8. The number of allylic oxidation sites excluding steroid dienone is 1. The fourth-order valence-electron chi connectivity index (χ4n) is 8.47. The van der Waals surface area contributed by atoms with Gasteiger partial charge in [-0.15, -0.1) is 0 Å². The normalized spacial score (nSPS) is 44.9. The van der Waals surface area contributed by atoms with Crippen molar-refractivity contribution in [3.63, 3.8) is 0 Å². The van der Waals surface area contributed by atoms with Crippen molar-refractivity contribution in [2.45, 2.75) is 98.0 Å². The summed E-state index contributed by atoms with van der Waals surface area (Å²) in [6, 6.07) is 0. The lowest BCUT2D eigenvalue weighted by Gasteiger charge is -2.59. The van der Waals surface area contributed by atoms with Gasteiger partial charge in [-0.1, -0.05) is 32.4 Å². The SMILES string of the molecule is CCOC(=O)CC[C@H](C)[C@@H]1CC[C@@H]2[C@@H]3CCC4=C[C@H](O)CC[C@]4(C)[C@@H]3CC[C@@]21C. The van der Waals surface area contributed by atoms with E-state index in [0.29, 0.717) is 29.8 Å². The monoisotopic (exact) mass is 402 g/mol. The van der Waals surface area contributed by atoms with E-state index in [1.807, 2.05) is 6.92 Å². The minimum atomic E-state index is -0.209. The molecule has 0 aromatic heterocycles. The summed E-state index contributed by atoms with van der Waals surface area (Å²) in [4.78, 5) is 11.9. The highest BCUT2D eigenvalue weighted by Gasteiger charge is 2.59. The molecule has 0 aromatic rings. The number of carbonyl (C=O) groups excluding carboxylic acids is 1. The molecule has 0 radical (unpaired) electrons. The van der Waals surface area contributed by atoms with Crippen molar-refractivity contribution in [2.75, 3.05) is 6.61 Å². The van der Waals surface area contributed by atoms with Crippen molar-refractivity contribution < 1.29 is 14.6 Å². The summed E-state index contributed by atoms with van der Waals surface area (Å²) in [6.07, 6.45) is 13.6. The Morgan fingerprint density at radius 2 is 1.97 bits per heavy atom. The van der Waals surface area contributed by atoms with E-state index in [-0.39, 0.29) is 12.1 Å². The van der Waals surface area contributed by atoms with Gasteiger partial charge in [0.25, 0.3) is 0 Å². The van der Waals surface area contributed by atoms with Gasteiger partial charge in [-0.2, -0.15) is 0 Å². The lowest BCUT2D eigenvalue weighted by atomic mass is 9.46. The molecule has 1 N–H and O–H groups in total. The number of aliphatic hydroxyl groups is 1. The third-order valence-corrected chi connectivity index (χ3v) is 9.96. The molecule has 0 spiro atoms. The molecule has 3 saturated carbocycles. The second-order valence-electron chi connectivity index (χ2n) is 11.2. The quantitative estimate of drug-likeness (QED) is 0.459. The predicted octanol–water partition coefficient (Wildman–Crippen LogP) is 5.91. The van der Waals surface area contributed by atoms with Gasteiger partial charge in [-0.05, 0) is 105 Å². The van der Waals surface area contributed by atoms with Gasteiger partial charge >= 0.3 is 5.97 Å². The van der Waals surface area contributed by atoms with E-state index < -0.39 is 0 Å². The molecule has 3 fully saturated rings. The summed E-state index contributed by atoms with van der Waals surface area (Å²) in [5.74, 6) is 3.84. The van der Waals surface area contributed by atoms with Crippen LogP contribution in [0.4, 0.5) is 0 Å². The Morgan fingerprint density at radius 3 is 2.72 bits per heavy atom. The van der Waals surface area contributed by atoms with E-state index in [1.54, 1.807) is 5.57 Å². The first-order valence-electron chi connectivity index (χ1n) is 12.3. The molecule has 0 aromatic carbocycles. The van der Waals surface area contributed by atoms with Gasteiger partial charge in [0.05, 0.1) is 12.7 Å². The van der Waals surface area contributed by atoms with Crippen molar-refractivity contribution in [1.82, 2.24) is 0 Å². The Balaban J connectivity index is 1.47. The fraction of sp³-hybridized carbons (Fsp3) is 0.885. The van der Waals surface area contributed by atoms with Crippen LogP contribution in [0.1, 0.15) is 91.9 Å². The van der Waals surface area contributed by atoms with E-state index >= 15 is 0 Å². The van der Waals surface area contributed by atoms with Crippen LogP contribution in [0.15, 0.2) is 11.6 Å². The molecule has 0 aliphatic heterocycles. The van der Waals surface area contributed by atoms with Gasteiger partial charge < -0.3 is 9.84 Å². The number of fused-ring (bicyclic) bond motifs is 5. The number of esters is 1. The molecule has 4 rings (SSSR count). The lowest BCUT2D eigenvalue weighted by molar-refractivity contribution is -0.143. The van der Waals surface area contributed by atoms with Crippen molar-refractivity contribution in [2.24, 2.45) is 40.4 Å². The number of carbonyl (C=O) groups is 1. The smallest absolute Gasteiger partial charge is 0.305 e. The fourth-order valence-corrected chi connectivity index (χ4v) is 8.47. The number of aliphatic hydroxyl groups excluding tert-OH is 1. The minimum absolute atomic E-state index is 0.0261. The molecule has 8 atom stereocenters. The maximum atomic E-state index is 11.9. The topological polar surface area (TPSA) is 46.5 Å². The van der Waals surface area contributed by atoms with Crippen LogP contribution in [-0.2, 0) is 9.53 Å². The average Bonchev–Trinajstić information content (AvgIpc) is 3.04. The van der Waals surface area contributed by atoms with E-state index in [2.05, 4.69) is 26.8 Å². The standard InChI is InChI=1S/C26H42O3/c1-5-29-24(28)11-6-17(2)21-9-10-22-20-8-7-18-16-19(27)12-14-25(18,3)23(20)13-15-26(21,22)4/h16-17,19-23,27H,5-15H2,1-4H3/t17-,19+,20-,21-,22+,23+,25-,26+/m0/s1. The predicted molar refractivity (Wildman–Crippen MR) is 116 cm³/mol. The summed E-state index contributed by atoms with van der Waals surface area (Å²) >= 11 is 0. The number of ether oxygens (including phenoxy) is 1. The molecule has 3 heteroatoms. The first-order valence-corrected chi connectivity index (χ1v) is 12.3. The lowest BCUT2D eigenvalue weighted by Crippen LogP contribution is -2.51. The van der Waals surface area contributed by atoms with Gasteiger partial charge in [0, 0.05) is 6.42 Å². The Kier molecular flexibility index (Phi) is 5.92.